The summed E-state index contributed by atoms with van der Waals surface area (Å²) in [6.45, 7) is 4.96. The predicted molar refractivity (Wildman–Crippen MR) is 51.5 cm³/mol. The molecule has 0 aromatic rings. The van der Waals surface area contributed by atoms with Crippen LogP contribution < -0.4 is 5.32 Å². The molecule has 0 bridgehead atoms. The number of ether oxygens (including phenoxy) is 1. The summed E-state index contributed by atoms with van der Waals surface area (Å²) in [6, 6.07) is -1.24. The van der Waals surface area contributed by atoms with E-state index < -0.39 is 23.7 Å². The molecule has 1 amide bonds. The minimum atomic E-state index is -1.27. The van der Waals surface area contributed by atoms with Crippen molar-refractivity contribution in [3.63, 3.8) is 0 Å². The third-order valence-electron chi connectivity index (χ3n) is 1.32. The molecule has 0 rings (SSSR count). The molecule has 6 heteroatoms. The molecule has 15 heavy (non-hydrogen) atoms. The van der Waals surface area contributed by atoms with E-state index in [0.29, 0.717) is 6.29 Å². The second-order valence-electron chi connectivity index (χ2n) is 3.94. The monoisotopic (exact) mass is 217 g/mol. The van der Waals surface area contributed by atoms with Crippen LogP contribution in [0.4, 0.5) is 4.79 Å². The van der Waals surface area contributed by atoms with E-state index in [-0.39, 0.29) is 6.42 Å². The van der Waals surface area contributed by atoms with E-state index in [0.717, 1.165) is 0 Å². The molecule has 0 saturated heterocycles. The Labute approximate surface area is 87.6 Å². The minimum Gasteiger partial charge on any atom is -0.480 e. The van der Waals surface area contributed by atoms with Gasteiger partial charge in [0, 0.05) is 6.42 Å². The van der Waals surface area contributed by atoms with E-state index >= 15 is 0 Å². The third-order valence-corrected chi connectivity index (χ3v) is 1.32. The molecule has 6 nitrogen and oxygen atoms in total. The van der Waals surface area contributed by atoms with Crippen molar-refractivity contribution in [3.8, 4) is 0 Å². The zero-order chi connectivity index (χ0) is 12.1. The second kappa shape index (κ2) is 5.33. The van der Waals surface area contributed by atoms with Gasteiger partial charge in [-0.1, -0.05) is 0 Å². The molecule has 0 aliphatic heterocycles. The van der Waals surface area contributed by atoms with Gasteiger partial charge in [-0.05, 0) is 20.8 Å². The highest BCUT2D eigenvalue weighted by molar-refractivity contribution is 5.82. The molecule has 0 aliphatic carbocycles. The highest BCUT2D eigenvalue weighted by Crippen LogP contribution is 2.06. The Bertz CT molecular complexity index is 256. The van der Waals surface area contributed by atoms with Gasteiger partial charge in [-0.2, -0.15) is 0 Å². The summed E-state index contributed by atoms with van der Waals surface area (Å²) in [4.78, 5) is 31.8. The summed E-state index contributed by atoms with van der Waals surface area (Å²) in [6.07, 6.45) is -0.707. The van der Waals surface area contributed by atoms with Crippen molar-refractivity contribution in [2.45, 2.75) is 38.8 Å². The van der Waals surface area contributed by atoms with E-state index in [1.807, 2.05) is 0 Å². The van der Waals surface area contributed by atoms with Crippen LogP contribution in [0.25, 0.3) is 0 Å². The zero-order valence-electron chi connectivity index (χ0n) is 8.94. The number of hydrogen-bond donors (Lipinski definition) is 2. The number of amides is 1. The van der Waals surface area contributed by atoms with E-state index in [1.165, 1.54) is 0 Å². The van der Waals surface area contributed by atoms with Crippen molar-refractivity contribution >= 4 is 18.3 Å². The molecule has 2 N–H and O–H groups in total. The van der Waals surface area contributed by atoms with Crippen molar-refractivity contribution in [2.24, 2.45) is 0 Å². The number of hydrogen-bond acceptors (Lipinski definition) is 4. The molecule has 0 heterocycles. The van der Waals surface area contributed by atoms with Gasteiger partial charge in [0.1, 0.15) is 17.9 Å². The second-order valence-corrected chi connectivity index (χ2v) is 3.94. The van der Waals surface area contributed by atoms with Gasteiger partial charge in [0.2, 0.25) is 0 Å². The van der Waals surface area contributed by atoms with Gasteiger partial charge in [-0.3, -0.25) is 0 Å². The maximum Gasteiger partial charge on any atom is 0.408 e. The number of aldehydes is 1. The maximum atomic E-state index is 11.1. The molecule has 0 spiro atoms. The fraction of sp³-hybridized carbons (Fsp3) is 0.667. The largest absolute Gasteiger partial charge is 0.480 e. The molecule has 0 fully saturated rings. The number of rotatable bonds is 4. The Morgan fingerprint density at radius 3 is 2.33 bits per heavy atom. The first kappa shape index (κ1) is 13.4. The van der Waals surface area contributed by atoms with Gasteiger partial charge < -0.3 is 20.0 Å². The van der Waals surface area contributed by atoms with Crippen LogP contribution in [-0.2, 0) is 14.3 Å². The summed E-state index contributed by atoms with van der Waals surface area (Å²) < 4.78 is 4.84. The third kappa shape index (κ3) is 6.48. The van der Waals surface area contributed by atoms with Crippen LogP contribution in [0, 0.1) is 0 Å². The molecular weight excluding hydrogens is 202 g/mol. The SMILES string of the molecule is CC(C)(C)OC(=O)N[C@H](CC=O)C(=O)O. The lowest BCUT2D eigenvalue weighted by Gasteiger charge is -2.21. The fourth-order valence-electron chi connectivity index (χ4n) is 0.768. The highest BCUT2D eigenvalue weighted by Gasteiger charge is 2.23. The standard InChI is InChI=1S/C9H15NO5/c1-9(2,3)15-8(14)10-6(4-5-11)7(12)13/h5-6H,4H2,1-3H3,(H,10,14)(H,12,13)/t6-/m1/s1. The molecule has 0 aromatic heterocycles. The van der Waals surface area contributed by atoms with Gasteiger partial charge in [0.25, 0.3) is 0 Å². The first-order valence-electron chi connectivity index (χ1n) is 4.42. The van der Waals surface area contributed by atoms with E-state index in [4.69, 9.17) is 9.84 Å². The molecular formula is C9H15NO5. The zero-order valence-corrected chi connectivity index (χ0v) is 8.94. The molecule has 1 atom stereocenters. The Hall–Kier alpha value is -1.59. The lowest BCUT2D eigenvalue weighted by Crippen LogP contribution is -2.43. The smallest absolute Gasteiger partial charge is 0.408 e. The quantitative estimate of drug-likeness (QED) is 0.671. The van der Waals surface area contributed by atoms with Crippen LogP contribution in [0.1, 0.15) is 27.2 Å². The summed E-state index contributed by atoms with van der Waals surface area (Å²) in [5.41, 5.74) is -0.700. The topological polar surface area (TPSA) is 92.7 Å². The lowest BCUT2D eigenvalue weighted by atomic mass is 10.2. The van der Waals surface area contributed by atoms with E-state index in [2.05, 4.69) is 5.32 Å². The Morgan fingerprint density at radius 2 is 2.00 bits per heavy atom. The van der Waals surface area contributed by atoms with Crippen molar-refractivity contribution in [2.75, 3.05) is 0 Å². The van der Waals surface area contributed by atoms with Gasteiger partial charge in [-0.25, -0.2) is 9.59 Å². The van der Waals surface area contributed by atoms with E-state index in [1.54, 1.807) is 20.8 Å². The number of carboxylic acid groups (broad SMARTS) is 1. The van der Waals surface area contributed by atoms with Crippen LogP contribution in [0.15, 0.2) is 0 Å². The van der Waals surface area contributed by atoms with Gasteiger partial charge in [0.15, 0.2) is 0 Å². The van der Waals surface area contributed by atoms with Crippen LogP contribution in [0.2, 0.25) is 0 Å². The number of alkyl carbamates (subject to hydrolysis) is 1. The first-order chi connectivity index (χ1) is 6.76. The average Bonchev–Trinajstić information content (AvgIpc) is 1.99. The highest BCUT2D eigenvalue weighted by atomic mass is 16.6. The van der Waals surface area contributed by atoms with Gasteiger partial charge in [-0.15, -0.1) is 0 Å². The summed E-state index contributed by atoms with van der Waals surface area (Å²) in [5.74, 6) is -1.27. The molecule has 0 aliphatic rings. The van der Waals surface area contributed by atoms with Crippen LogP contribution in [0.3, 0.4) is 0 Å². The van der Waals surface area contributed by atoms with Crippen LogP contribution in [-0.4, -0.2) is 35.1 Å². The van der Waals surface area contributed by atoms with E-state index in [9.17, 15) is 14.4 Å². The number of carbonyl (C=O) groups excluding carboxylic acids is 2. The predicted octanol–water partition coefficient (Wildman–Crippen LogP) is 0.553. The van der Waals surface area contributed by atoms with Crippen molar-refractivity contribution < 1.29 is 24.2 Å². The average molecular weight is 217 g/mol. The van der Waals surface area contributed by atoms with Crippen molar-refractivity contribution in [3.05, 3.63) is 0 Å². The van der Waals surface area contributed by atoms with Gasteiger partial charge in [0.05, 0.1) is 0 Å². The maximum absolute atomic E-state index is 11.1. The Kier molecular flexibility index (Phi) is 4.77. The Balaban J connectivity index is 4.23. The van der Waals surface area contributed by atoms with Gasteiger partial charge >= 0.3 is 12.1 Å². The summed E-state index contributed by atoms with van der Waals surface area (Å²) >= 11 is 0. The number of carboxylic acids is 1. The molecule has 0 saturated carbocycles. The number of carbonyl (C=O) groups is 3. The summed E-state index contributed by atoms with van der Waals surface area (Å²) in [5, 5.41) is 10.7. The molecule has 0 radical (unpaired) electrons. The summed E-state index contributed by atoms with van der Waals surface area (Å²) in [7, 11) is 0. The molecule has 0 aromatic carbocycles. The molecule has 0 unspecified atom stereocenters. The number of nitrogens with one attached hydrogen (secondary N) is 1. The van der Waals surface area contributed by atoms with Crippen LogP contribution in [0.5, 0.6) is 0 Å². The van der Waals surface area contributed by atoms with Crippen molar-refractivity contribution in [1.29, 1.82) is 0 Å². The normalized spacial score (nSPS) is 12.7. The molecule has 86 valence electrons. The Morgan fingerprint density at radius 1 is 1.47 bits per heavy atom. The lowest BCUT2D eigenvalue weighted by molar-refractivity contribution is -0.140. The van der Waals surface area contributed by atoms with Crippen LogP contribution >= 0.6 is 0 Å². The minimum absolute atomic E-state index is 0.283. The fourth-order valence-corrected chi connectivity index (χ4v) is 0.768. The number of aliphatic carboxylic acids is 1. The van der Waals surface area contributed by atoms with Crippen molar-refractivity contribution in [1.82, 2.24) is 5.32 Å². The first-order valence-corrected chi connectivity index (χ1v) is 4.42.